The van der Waals surface area contributed by atoms with Crippen LogP contribution in [0.3, 0.4) is 0 Å². The maximum absolute atomic E-state index is 13.3. The van der Waals surface area contributed by atoms with Crippen LogP contribution in [0.25, 0.3) is 0 Å². The van der Waals surface area contributed by atoms with Crippen LogP contribution >= 0.6 is 11.3 Å². The topological polar surface area (TPSA) is 75.9 Å². The largest absolute Gasteiger partial charge is 0.380 e. The van der Waals surface area contributed by atoms with Crippen LogP contribution in [0.2, 0.25) is 0 Å². The average molecular weight is 389 g/mol. The Hall–Kier alpha value is -2.03. The molecule has 144 valence electrons. The highest BCUT2D eigenvalue weighted by atomic mass is 32.1. The fraction of sp³-hybridized carbons (Fsp3) is 0.526. The Kier molecular flexibility index (Phi) is 4.88. The zero-order valence-corrected chi connectivity index (χ0v) is 16.3. The summed E-state index contributed by atoms with van der Waals surface area (Å²) in [7, 11) is 1.81. The molecule has 7 nitrogen and oxygen atoms in total. The zero-order chi connectivity index (χ0) is 19.0. The molecule has 0 N–H and O–H groups in total. The average Bonchev–Trinajstić information content (AvgIpc) is 3.37. The monoisotopic (exact) mass is 389 g/mol. The first kappa shape index (κ1) is 18.3. The molecule has 0 spiro atoms. The summed E-state index contributed by atoms with van der Waals surface area (Å²) in [5.41, 5.74) is 1.37. The van der Waals surface area contributed by atoms with E-state index in [1.165, 1.54) is 17.6 Å². The quantitative estimate of drug-likeness (QED) is 0.704. The van der Waals surface area contributed by atoms with Crippen LogP contribution < -0.4 is 0 Å². The number of carbonyl (C=O) groups excluding carboxylic acids is 2. The van der Waals surface area contributed by atoms with Crippen molar-refractivity contribution >= 4 is 23.0 Å². The summed E-state index contributed by atoms with van der Waals surface area (Å²) in [6.45, 7) is 5.34. The number of carbonyl (C=O) groups is 2. The fourth-order valence-electron chi connectivity index (χ4n) is 4.18. The third-order valence-electron chi connectivity index (χ3n) is 5.51. The van der Waals surface area contributed by atoms with Gasteiger partial charge in [0.05, 0.1) is 30.1 Å². The van der Waals surface area contributed by atoms with Gasteiger partial charge in [0, 0.05) is 38.7 Å². The van der Waals surface area contributed by atoms with E-state index in [2.05, 4.69) is 10.1 Å². The molecule has 0 aliphatic carbocycles. The van der Waals surface area contributed by atoms with E-state index in [4.69, 9.17) is 9.26 Å². The maximum Gasteiger partial charge on any atom is 0.232 e. The molecule has 2 aliphatic heterocycles. The molecule has 1 unspecified atom stereocenters. The normalized spacial score (nSPS) is 24.9. The standard InChI is InChI=1S/C19H23N3O4S/c1-13(23)17-5-14(10-27-17)6-22-7-15-9-25-12-19(15,11-22)18(24)21(2)8-16-3-4-26-20-16/h3-5,10,15H,6-9,11-12H2,1-2H3/t15?,19-/m1/s1. The Morgan fingerprint density at radius 3 is 3.04 bits per heavy atom. The van der Waals surface area contributed by atoms with Crippen LogP contribution in [0.5, 0.6) is 0 Å². The van der Waals surface area contributed by atoms with Gasteiger partial charge in [0.25, 0.3) is 0 Å². The smallest absolute Gasteiger partial charge is 0.232 e. The highest BCUT2D eigenvalue weighted by Crippen LogP contribution is 2.43. The van der Waals surface area contributed by atoms with Gasteiger partial charge in [0.2, 0.25) is 5.91 Å². The van der Waals surface area contributed by atoms with E-state index in [1.807, 2.05) is 18.5 Å². The van der Waals surface area contributed by atoms with E-state index >= 15 is 0 Å². The summed E-state index contributed by atoms with van der Waals surface area (Å²) in [5, 5.41) is 5.93. The number of aromatic nitrogens is 1. The first-order valence-electron chi connectivity index (χ1n) is 9.01. The molecule has 2 saturated heterocycles. The van der Waals surface area contributed by atoms with Gasteiger partial charge in [-0.25, -0.2) is 0 Å². The summed E-state index contributed by atoms with van der Waals surface area (Å²) in [4.78, 5) is 29.6. The Balaban J connectivity index is 1.46. The third kappa shape index (κ3) is 3.44. The Bertz CT molecular complexity index is 834. The van der Waals surface area contributed by atoms with Gasteiger partial charge in [-0.3, -0.25) is 14.5 Å². The number of ketones is 1. The molecule has 2 atom stereocenters. The molecule has 27 heavy (non-hydrogen) atoms. The number of likely N-dealkylation sites (tertiary alicyclic amines) is 1. The number of amides is 1. The van der Waals surface area contributed by atoms with Crippen LogP contribution in [0.4, 0.5) is 0 Å². The van der Waals surface area contributed by atoms with Crippen molar-refractivity contribution in [2.24, 2.45) is 11.3 Å². The molecule has 8 heteroatoms. The van der Waals surface area contributed by atoms with Gasteiger partial charge in [0.15, 0.2) is 5.78 Å². The first-order chi connectivity index (χ1) is 13.0. The van der Waals surface area contributed by atoms with Crippen molar-refractivity contribution in [3.8, 4) is 0 Å². The minimum Gasteiger partial charge on any atom is -0.380 e. The predicted molar refractivity (Wildman–Crippen MR) is 99.3 cm³/mol. The van der Waals surface area contributed by atoms with Crippen LogP contribution in [-0.4, -0.2) is 60.0 Å². The SMILES string of the molecule is CC(=O)c1cc(CN2CC3COC[C@]3(C(=O)N(C)Cc3ccon3)C2)cs1. The number of hydrogen-bond acceptors (Lipinski definition) is 7. The highest BCUT2D eigenvalue weighted by molar-refractivity contribution is 7.12. The molecule has 1 amide bonds. The number of rotatable bonds is 6. The van der Waals surface area contributed by atoms with E-state index in [1.54, 1.807) is 17.9 Å². The molecule has 0 bridgehead atoms. The summed E-state index contributed by atoms with van der Waals surface area (Å²) >= 11 is 1.48. The van der Waals surface area contributed by atoms with E-state index in [0.29, 0.717) is 26.3 Å². The van der Waals surface area contributed by atoms with Crippen molar-refractivity contribution in [3.63, 3.8) is 0 Å². The van der Waals surface area contributed by atoms with Gasteiger partial charge in [-0.15, -0.1) is 11.3 Å². The minimum atomic E-state index is -0.502. The third-order valence-corrected chi connectivity index (χ3v) is 6.59. The number of nitrogens with zero attached hydrogens (tertiary/aromatic N) is 3. The van der Waals surface area contributed by atoms with Crippen LogP contribution in [-0.2, 0) is 22.6 Å². The molecule has 0 radical (unpaired) electrons. The Labute approximate surface area is 161 Å². The van der Waals surface area contributed by atoms with E-state index in [9.17, 15) is 9.59 Å². The van der Waals surface area contributed by atoms with Gasteiger partial charge >= 0.3 is 0 Å². The molecule has 2 aromatic rings. The van der Waals surface area contributed by atoms with E-state index in [-0.39, 0.29) is 17.6 Å². The van der Waals surface area contributed by atoms with Gasteiger partial charge < -0.3 is 14.2 Å². The highest BCUT2D eigenvalue weighted by Gasteiger charge is 2.56. The second-order valence-corrected chi connectivity index (χ2v) is 8.48. The number of ether oxygens (including phenoxy) is 1. The van der Waals surface area contributed by atoms with Crippen LogP contribution in [0.15, 0.2) is 28.3 Å². The lowest BCUT2D eigenvalue weighted by Gasteiger charge is -2.30. The summed E-state index contributed by atoms with van der Waals surface area (Å²) in [6.07, 6.45) is 1.51. The predicted octanol–water partition coefficient (Wildman–Crippen LogP) is 2.05. The molecule has 0 saturated carbocycles. The number of fused-ring (bicyclic) bond motifs is 1. The molecule has 4 heterocycles. The fourth-order valence-corrected chi connectivity index (χ4v) is 4.98. The van der Waals surface area contributed by atoms with Gasteiger partial charge in [0.1, 0.15) is 12.0 Å². The number of Topliss-reactive ketones (excluding diaryl/α,β-unsaturated/α-hetero) is 1. The van der Waals surface area contributed by atoms with Crippen LogP contribution in [0.1, 0.15) is 27.9 Å². The molecular weight excluding hydrogens is 366 g/mol. The molecule has 2 aromatic heterocycles. The maximum atomic E-state index is 13.3. The van der Waals surface area contributed by atoms with Crippen molar-refractivity contribution in [3.05, 3.63) is 39.9 Å². The van der Waals surface area contributed by atoms with E-state index in [0.717, 1.165) is 29.2 Å². The molecule has 0 aromatic carbocycles. The van der Waals surface area contributed by atoms with Crippen molar-refractivity contribution in [1.82, 2.24) is 15.0 Å². The van der Waals surface area contributed by atoms with Crippen molar-refractivity contribution in [2.75, 3.05) is 33.4 Å². The second-order valence-electron chi connectivity index (χ2n) is 7.57. The summed E-state index contributed by atoms with van der Waals surface area (Å²) < 4.78 is 10.6. The zero-order valence-electron chi connectivity index (χ0n) is 15.5. The lowest BCUT2D eigenvalue weighted by atomic mass is 9.79. The summed E-state index contributed by atoms with van der Waals surface area (Å²) in [6, 6.07) is 3.73. The minimum absolute atomic E-state index is 0.0964. The Morgan fingerprint density at radius 1 is 1.48 bits per heavy atom. The Morgan fingerprint density at radius 2 is 2.33 bits per heavy atom. The van der Waals surface area contributed by atoms with Gasteiger partial charge in [-0.05, 0) is 23.9 Å². The van der Waals surface area contributed by atoms with Gasteiger partial charge in [-0.1, -0.05) is 5.16 Å². The van der Waals surface area contributed by atoms with Crippen LogP contribution in [0, 0.1) is 11.3 Å². The first-order valence-corrected chi connectivity index (χ1v) is 9.89. The van der Waals surface area contributed by atoms with Gasteiger partial charge in [-0.2, -0.15) is 0 Å². The van der Waals surface area contributed by atoms with E-state index < -0.39 is 5.41 Å². The van der Waals surface area contributed by atoms with Crippen molar-refractivity contribution in [2.45, 2.75) is 20.0 Å². The van der Waals surface area contributed by atoms with Crippen molar-refractivity contribution < 1.29 is 18.8 Å². The van der Waals surface area contributed by atoms with Crippen molar-refractivity contribution in [1.29, 1.82) is 0 Å². The summed E-state index contributed by atoms with van der Waals surface area (Å²) in [5.74, 6) is 0.389. The molecule has 4 rings (SSSR count). The number of hydrogen-bond donors (Lipinski definition) is 0. The number of thiophene rings is 1. The lowest BCUT2D eigenvalue weighted by molar-refractivity contribution is -0.142. The molecule has 2 aliphatic rings. The molecular formula is C19H23N3O4S. The molecule has 2 fully saturated rings. The lowest BCUT2D eigenvalue weighted by Crippen LogP contribution is -2.47. The second kappa shape index (κ2) is 7.18.